The van der Waals surface area contributed by atoms with Crippen LogP contribution < -0.4 is 11.3 Å². The number of nitrogens with one attached hydrogen (secondary N) is 1. The molecule has 1 atom stereocenters. The van der Waals surface area contributed by atoms with Crippen LogP contribution in [0.25, 0.3) is 0 Å². The summed E-state index contributed by atoms with van der Waals surface area (Å²) >= 11 is 7.47. The molecule has 0 saturated heterocycles. The number of aryl methyl sites for hydroxylation is 2. The van der Waals surface area contributed by atoms with E-state index >= 15 is 0 Å². The highest BCUT2D eigenvalue weighted by Gasteiger charge is 2.19. The number of hydrazine groups is 1. The number of aromatic nitrogens is 4. The molecule has 0 bridgehead atoms. The lowest BCUT2D eigenvalue weighted by Gasteiger charge is -2.12. The van der Waals surface area contributed by atoms with E-state index in [4.69, 9.17) is 17.4 Å². The average molecular weight is 273 g/mol. The van der Waals surface area contributed by atoms with Gasteiger partial charge in [-0.05, 0) is 24.9 Å². The molecule has 2 rings (SSSR count). The van der Waals surface area contributed by atoms with Crippen LogP contribution in [0.1, 0.15) is 23.0 Å². The Morgan fingerprint density at radius 2 is 2.41 bits per heavy atom. The second kappa shape index (κ2) is 5.09. The van der Waals surface area contributed by atoms with Gasteiger partial charge in [-0.15, -0.1) is 5.10 Å². The van der Waals surface area contributed by atoms with Gasteiger partial charge in [0.15, 0.2) is 0 Å². The first-order valence-corrected chi connectivity index (χ1v) is 6.26. The van der Waals surface area contributed by atoms with Crippen molar-refractivity contribution in [1.29, 1.82) is 0 Å². The summed E-state index contributed by atoms with van der Waals surface area (Å²) in [6.45, 7) is 1.92. The second-order valence-corrected chi connectivity index (χ2v) is 4.70. The molecule has 2 aromatic rings. The number of hydrogen-bond acceptors (Lipinski definition) is 6. The molecular weight excluding hydrogens is 260 g/mol. The van der Waals surface area contributed by atoms with E-state index in [2.05, 4.69) is 20.1 Å². The van der Waals surface area contributed by atoms with Gasteiger partial charge in [0, 0.05) is 18.0 Å². The van der Waals surface area contributed by atoms with Crippen LogP contribution >= 0.6 is 23.1 Å². The molecule has 0 aliphatic rings. The minimum atomic E-state index is -0.103. The Labute approximate surface area is 108 Å². The minimum absolute atomic E-state index is 0.103. The van der Waals surface area contributed by atoms with Crippen molar-refractivity contribution in [2.24, 2.45) is 12.9 Å². The van der Waals surface area contributed by atoms with Crippen molar-refractivity contribution in [2.45, 2.75) is 19.4 Å². The van der Waals surface area contributed by atoms with Gasteiger partial charge in [-0.25, -0.2) is 0 Å². The normalized spacial score (nSPS) is 12.9. The third-order valence-corrected chi connectivity index (χ3v) is 3.61. The summed E-state index contributed by atoms with van der Waals surface area (Å²) in [5.41, 5.74) is 5.42. The summed E-state index contributed by atoms with van der Waals surface area (Å²) in [5, 5.41) is 10.8. The van der Waals surface area contributed by atoms with Crippen LogP contribution in [0.2, 0.25) is 5.15 Å². The molecule has 1 unspecified atom stereocenters. The third-order valence-electron chi connectivity index (χ3n) is 2.61. The molecule has 0 radical (unpaired) electrons. The summed E-state index contributed by atoms with van der Waals surface area (Å²) in [5.74, 6) is 5.54. The van der Waals surface area contributed by atoms with Crippen molar-refractivity contribution in [3.63, 3.8) is 0 Å². The predicted molar refractivity (Wildman–Crippen MR) is 66.6 cm³/mol. The molecule has 0 saturated carbocycles. The van der Waals surface area contributed by atoms with Crippen LogP contribution in [0.15, 0.2) is 5.38 Å². The fraction of sp³-hybridized carbons (Fsp3) is 0.444. The summed E-state index contributed by atoms with van der Waals surface area (Å²) in [4.78, 5) is 0. The first-order valence-electron chi connectivity index (χ1n) is 5.04. The van der Waals surface area contributed by atoms with E-state index in [1.807, 2.05) is 19.4 Å². The standard InChI is InChI=1S/C9H13ClN6S/c1-5-6(9(10)16(2)14-5)3-7(12-11)8-4-17-15-13-8/h4,7,12H,3,11H2,1-2H3. The fourth-order valence-electron chi connectivity index (χ4n) is 1.68. The minimum Gasteiger partial charge on any atom is -0.271 e. The maximum Gasteiger partial charge on any atom is 0.130 e. The quantitative estimate of drug-likeness (QED) is 0.641. The van der Waals surface area contributed by atoms with E-state index in [1.165, 1.54) is 11.5 Å². The van der Waals surface area contributed by atoms with E-state index in [9.17, 15) is 0 Å². The molecule has 0 fully saturated rings. The molecule has 0 aliphatic carbocycles. The predicted octanol–water partition coefficient (Wildman–Crippen LogP) is 0.981. The number of halogens is 1. The van der Waals surface area contributed by atoms with Crippen molar-refractivity contribution in [1.82, 2.24) is 24.8 Å². The van der Waals surface area contributed by atoms with Gasteiger partial charge >= 0.3 is 0 Å². The Kier molecular flexibility index (Phi) is 3.72. The Morgan fingerprint density at radius 3 is 2.88 bits per heavy atom. The van der Waals surface area contributed by atoms with Crippen molar-refractivity contribution < 1.29 is 0 Å². The van der Waals surface area contributed by atoms with Gasteiger partial charge in [0.1, 0.15) is 5.15 Å². The van der Waals surface area contributed by atoms with Crippen LogP contribution in [0.4, 0.5) is 0 Å². The van der Waals surface area contributed by atoms with Crippen molar-refractivity contribution in [2.75, 3.05) is 0 Å². The topological polar surface area (TPSA) is 81.7 Å². The molecule has 0 aliphatic heterocycles. The van der Waals surface area contributed by atoms with Crippen molar-refractivity contribution >= 4 is 23.1 Å². The maximum absolute atomic E-state index is 6.17. The number of rotatable bonds is 4. The Balaban J connectivity index is 2.24. The Hall–Kier alpha value is -1.02. The van der Waals surface area contributed by atoms with Crippen LogP contribution in [0, 0.1) is 6.92 Å². The third kappa shape index (κ3) is 2.47. The number of nitrogens with two attached hydrogens (primary N) is 1. The van der Waals surface area contributed by atoms with Gasteiger partial charge in [-0.1, -0.05) is 16.1 Å². The molecule has 6 nitrogen and oxygen atoms in total. The van der Waals surface area contributed by atoms with E-state index in [-0.39, 0.29) is 6.04 Å². The van der Waals surface area contributed by atoms with Gasteiger partial charge < -0.3 is 0 Å². The lowest BCUT2D eigenvalue weighted by atomic mass is 10.1. The highest BCUT2D eigenvalue weighted by Crippen LogP contribution is 2.24. The van der Waals surface area contributed by atoms with Gasteiger partial charge in [-0.2, -0.15) is 5.10 Å². The number of hydrogen-bond donors (Lipinski definition) is 2. The largest absolute Gasteiger partial charge is 0.271 e. The van der Waals surface area contributed by atoms with Gasteiger partial charge in [0.05, 0.1) is 17.4 Å². The average Bonchev–Trinajstić information content (AvgIpc) is 2.89. The Morgan fingerprint density at radius 1 is 1.65 bits per heavy atom. The maximum atomic E-state index is 6.17. The molecule has 17 heavy (non-hydrogen) atoms. The summed E-state index contributed by atoms with van der Waals surface area (Å²) < 4.78 is 5.48. The second-order valence-electron chi connectivity index (χ2n) is 3.73. The Bertz CT molecular complexity index is 494. The zero-order valence-corrected chi connectivity index (χ0v) is 11.1. The van der Waals surface area contributed by atoms with Gasteiger partial charge in [-0.3, -0.25) is 16.0 Å². The monoisotopic (exact) mass is 272 g/mol. The fourth-order valence-corrected chi connectivity index (χ4v) is 2.44. The number of nitrogens with zero attached hydrogens (tertiary/aromatic N) is 4. The molecule has 92 valence electrons. The first-order chi connectivity index (χ1) is 8.13. The smallest absolute Gasteiger partial charge is 0.130 e. The highest BCUT2D eigenvalue weighted by molar-refractivity contribution is 7.03. The van der Waals surface area contributed by atoms with E-state index in [0.717, 1.165) is 17.0 Å². The highest BCUT2D eigenvalue weighted by atomic mass is 35.5. The van der Waals surface area contributed by atoms with Crippen LogP contribution in [-0.4, -0.2) is 19.4 Å². The molecule has 0 amide bonds. The zero-order valence-electron chi connectivity index (χ0n) is 9.51. The lowest BCUT2D eigenvalue weighted by Crippen LogP contribution is -2.30. The van der Waals surface area contributed by atoms with Crippen molar-refractivity contribution in [3.8, 4) is 0 Å². The van der Waals surface area contributed by atoms with E-state index in [0.29, 0.717) is 11.6 Å². The summed E-state index contributed by atoms with van der Waals surface area (Å²) in [6.07, 6.45) is 0.639. The molecule has 8 heteroatoms. The van der Waals surface area contributed by atoms with Gasteiger partial charge in [0.25, 0.3) is 0 Å². The van der Waals surface area contributed by atoms with Crippen LogP contribution in [0.3, 0.4) is 0 Å². The van der Waals surface area contributed by atoms with E-state index in [1.54, 1.807) is 4.68 Å². The molecular formula is C9H13ClN6S. The first kappa shape index (κ1) is 12.4. The summed E-state index contributed by atoms with van der Waals surface area (Å²) in [6, 6.07) is -0.103. The SMILES string of the molecule is Cc1nn(C)c(Cl)c1CC(NN)c1csnn1. The van der Waals surface area contributed by atoms with E-state index < -0.39 is 0 Å². The molecule has 0 aromatic carbocycles. The van der Waals surface area contributed by atoms with Crippen molar-refractivity contribution in [3.05, 3.63) is 27.5 Å². The molecule has 2 aromatic heterocycles. The van der Waals surface area contributed by atoms with Crippen LogP contribution in [0.5, 0.6) is 0 Å². The molecule has 2 heterocycles. The van der Waals surface area contributed by atoms with Crippen LogP contribution in [-0.2, 0) is 13.5 Å². The molecule has 3 N–H and O–H groups in total. The molecule has 0 spiro atoms. The lowest BCUT2D eigenvalue weighted by molar-refractivity contribution is 0.536. The van der Waals surface area contributed by atoms with Gasteiger partial charge in [0.2, 0.25) is 0 Å². The summed E-state index contributed by atoms with van der Waals surface area (Å²) in [7, 11) is 1.81. The zero-order chi connectivity index (χ0) is 12.4.